The van der Waals surface area contributed by atoms with Gasteiger partial charge in [-0.2, -0.15) is 27.0 Å². The van der Waals surface area contributed by atoms with E-state index in [0.29, 0.717) is 19.7 Å². The molecule has 8 nitrogen and oxygen atoms in total. The molecule has 2 amide bonds. The van der Waals surface area contributed by atoms with Crippen LogP contribution in [0.4, 0.5) is 9.59 Å². The van der Waals surface area contributed by atoms with Crippen LogP contribution in [0.1, 0.15) is 33.4 Å². The van der Waals surface area contributed by atoms with Crippen molar-refractivity contribution >= 4 is 61.8 Å². The number of halogens is 1. The summed E-state index contributed by atoms with van der Waals surface area (Å²) in [4.78, 5) is 26.7. The number of alkyl halides is 1. The smallest absolute Gasteiger partial charge is 0.410 e. The first kappa shape index (κ1) is 46.9. The average molecular weight is 943 g/mol. The van der Waals surface area contributed by atoms with Gasteiger partial charge in [-0.25, -0.2) is 9.59 Å². The summed E-state index contributed by atoms with van der Waals surface area (Å²) < 4.78 is 24.0. The monoisotopic (exact) mass is 942 g/mol. The highest BCUT2D eigenvalue weighted by Gasteiger charge is 2.41. The molecule has 0 bridgehead atoms. The molecule has 2 saturated heterocycles. The number of carbonyl (C=O) groups is 2. The number of hydrogen-bond acceptors (Lipinski definition) is 6. The van der Waals surface area contributed by atoms with Gasteiger partial charge >= 0.3 is 12.2 Å². The number of carbonyl (C=O) groups excluding carboxylic acids is 2. The van der Waals surface area contributed by atoms with Crippen LogP contribution in [0.3, 0.4) is 0 Å². The molecule has 59 heavy (non-hydrogen) atoms. The van der Waals surface area contributed by atoms with Crippen molar-refractivity contribution in [3.8, 4) is 0 Å². The van der Waals surface area contributed by atoms with E-state index in [1.54, 1.807) is 11.9 Å². The van der Waals surface area contributed by atoms with Crippen molar-refractivity contribution in [2.45, 2.75) is 23.4 Å². The standard InChI is InChI=1S/C24H23NO3.C23H21NO3.CH3I.2H2S/c1-25-17-22(28-23(25)26)18-27-24(19-11-5-2-6-12-19,20-13-7-3-8-14-20)21-15-9-4-10-16-21;25-22-24-16-21(27-22)17-26-23(18-10-4-1-5-11-18,19-12-6-2-7-13-19)20-14-8-3-9-15-20;1-2;;/h2-16,22H,17-18H2,1H3;1-15,21H,16-17H2,(H,24,25);1H3;2*1H2/t22-;21-;;;/m00.../s1. The highest BCUT2D eigenvalue weighted by atomic mass is 127. The van der Waals surface area contributed by atoms with Crippen LogP contribution in [0.25, 0.3) is 0 Å². The summed E-state index contributed by atoms with van der Waals surface area (Å²) in [7, 11) is 1.74. The molecule has 1 N–H and O–H groups in total. The molecule has 2 atom stereocenters. The maximum absolute atomic E-state index is 11.8. The number of likely N-dealkylation sites (N-methyl/N-ethyl adjacent to an activating group) is 1. The Morgan fingerprint density at radius 2 is 0.814 bits per heavy atom. The molecule has 0 saturated carbocycles. The van der Waals surface area contributed by atoms with Crippen LogP contribution >= 0.6 is 49.6 Å². The van der Waals surface area contributed by atoms with E-state index in [9.17, 15) is 9.59 Å². The number of nitrogens with one attached hydrogen (secondary N) is 1. The number of hydrogen-bond donors (Lipinski definition) is 1. The third kappa shape index (κ3) is 11.1. The summed E-state index contributed by atoms with van der Waals surface area (Å²) in [6, 6.07) is 61.0. The van der Waals surface area contributed by atoms with Gasteiger partial charge < -0.3 is 29.2 Å². The number of rotatable bonds is 12. The first-order chi connectivity index (χ1) is 28.0. The average Bonchev–Trinajstić information content (AvgIpc) is 3.86. The van der Waals surface area contributed by atoms with Gasteiger partial charge in [0.05, 0.1) is 26.3 Å². The lowest BCUT2D eigenvalue weighted by Gasteiger charge is -2.36. The van der Waals surface area contributed by atoms with Crippen LogP contribution in [-0.2, 0) is 30.1 Å². The van der Waals surface area contributed by atoms with E-state index in [1.807, 2.05) is 114 Å². The quantitative estimate of drug-likeness (QED) is 0.0748. The van der Waals surface area contributed by atoms with Gasteiger partial charge in [0.15, 0.2) is 0 Å². The topological polar surface area (TPSA) is 86.3 Å². The predicted molar refractivity (Wildman–Crippen MR) is 252 cm³/mol. The zero-order valence-corrected chi connectivity index (χ0v) is 37.2. The molecule has 2 heterocycles. The molecule has 0 aliphatic carbocycles. The van der Waals surface area contributed by atoms with Crippen LogP contribution in [0, 0.1) is 0 Å². The largest absolute Gasteiger partial charge is 0.442 e. The Hall–Kier alpha value is -4.79. The number of cyclic esters (lactones) is 2. The zero-order chi connectivity index (χ0) is 39.9. The highest BCUT2D eigenvalue weighted by molar-refractivity contribution is 14.1. The number of alkyl carbamates (subject to hydrolysis) is 1. The second kappa shape index (κ2) is 23.1. The maximum Gasteiger partial charge on any atom is 0.410 e. The van der Waals surface area contributed by atoms with Crippen LogP contribution in [0.15, 0.2) is 182 Å². The summed E-state index contributed by atoms with van der Waals surface area (Å²) in [5.74, 6) is 0. The fourth-order valence-corrected chi connectivity index (χ4v) is 7.23. The van der Waals surface area contributed by atoms with Crippen molar-refractivity contribution < 1.29 is 28.5 Å². The fraction of sp³-hybridized carbons (Fsp3) is 0.208. The number of ether oxygens (including phenoxy) is 4. The van der Waals surface area contributed by atoms with Crippen molar-refractivity contribution in [3.05, 3.63) is 215 Å². The Morgan fingerprint density at radius 3 is 1.05 bits per heavy atom. The van der Waals surface area contributed by atoms with Crippen LogP contribution in [-0.4, -0.2) is 67.6 Å². The highest BCUT2D eigenvalue weighted by Crippen LogP contribution is 2.42. The van der Waals surface area contributed by atoms with E-state index >= 15 is 0 Å². The van der Waals surface area contributed by atoms with Crippen molar-refractivity contribution in [2.75, 3.05) is 38.3 Å². The predicted octanol–water partition coefficient (Wildman–Crippen LogP) is 9.83. The Bertz CT molecular complexity index is 1930. The Balaban J connectivity index is 0.000000242. The Morgan fingerprint density at radius 1 is 0.525 bits per heavy atom. The molecule has 0 radical (unpaired) electrons. The van der Waals surface area contributed by atoms with Crippen molar-refractivity contribution in [1.29, 1.82) is 0 Å². The number of amides is 2. The SMILES string of the molecule is CI.CN1C[C@@H](COC(c2ccccc2)(c2ccccc2)c2ccccc2)OC1=O.O=C1NC[C@@H](COC(c2ccccc2)(c2ccccc2)c2ccccc2)O1.S.S. The summed E-state index contributed by atoms with van der Waals surface area (Å²) in [5.41, 5.74) is 4.59. The summed E-state index contributed by atoms with van der Waals surface area (Å²) >= 11 is 2.15. The molecule has 0 spiro atoms. The van der Waals surface area contributed by atoms with Crippen molar-refractivity contribution in [1.82, 2.24) is 10.2 Å². The second-order valence-corrected chi connectivity index (χ2v) is 13.5. The lowest BCUT2D eigenvalue weighted by atomic mass is 9.80. The molecule has 0 unspecified atom stereocenters. The third-order valence-corrected chi connectivity index (χ3v) is 9.86. The lowest BCUT2D eigenvalue weighted by Crippen LogP contribution is -2.36. The van der Waals surface area contributed by atoms with Gasteiger partial charge in [0.25, 0.3) is 0 Å². The lowest BCUT2D eigenvalue weighted by molar-refractivity contribution is -0.0298. The van der Waals surface area contributed by atoms with Gasteiger partial charge in [-0.15, -0.1) is 0 Å². The van der Waals surface area contributed by atoms with Gasteiger partial charge in [-0.05, 0) is 38.3 Å². The molecule has 308 valence electrons. The Kier molecular flexibility index (Phi) is 18.4. The van der Waals surface area contributed by atoms with E-state index in [1.165, 1.54) is 0 Å². The molecule has 11 heteroatoms. The third-order valence-electron chi connectivity index (χ3n) is 9.86. The summed E-state index contributed by atoms with van der Waals surface area (Å²) in [6.45, 7) is 1.56. The molecule has 2 aliphatic heterocycles. The van der Waals surface area contributed by atoms with Crippen molar-refractivity contribution in [3.63, 3.8) is 0 Å². The van der Waals surface area contributed by atoms with Crippen LogP contribution in [0.2, 0.25) is 0 Å². The fourth-order valence-electron chi connectivity index (χ4n) is 7.23. The molecule has 6 aromatic rings. The van der Waals surface area contributed by atoms with E-state index in [2.05, 4.69) is 101 Å². The molecule has 0 aromatic heterocycles. The van der Waals surface area contributed by atoms with E-state index < -0.39 is 17.3 Å². The van der Waals surface area contributed by atoms with E-state index in [0.717, 1.165) is 33.4 Å². The first-order valence-electron chi connectivity index (χ1n) is 18.8. The molecule has 2 fully saturated rings. The van der Waals surface area contributed by atoms with Crippen LogP contribution in [0.5, 0.6) is 0 Å². The molecule has 6 aromatic carbocycles. The minimum absolute atomic E-state index is 0. The Labute approximate surface area is 375 Å². The van der Waals surface area contributed by atoms with Gasteiger partial charge in [-0.3, -0.25) is 0 Å². The number of benzene rings is 6. The van der Waals surface area contributed by atoms with Gasteiger partial charge in [0, 0.05) is 7.05 Å². The minimum atomic E-state index is -0.794. The van der Waals surface area contributed by atoms with E-state index in [4.69, 9.17) is 18.9 Å². The summed E-state index contributed by atoms with van der Waals surface area (Å²) in [6.07, 6.45) is -1.31. The number of nitrogens with zero attached hydrogens (tertiary/aromatic N) is 1. The molecule has 2 aliphatic rings. The molecule has 8 rings (SSSR count). The molecular weight excluding hydrogens is 892 g/mol. The summed E-state index contributed by atoms with van der Waals surface area (Å²) in [5, 5.41) is 2.68. The van der Waals surface area contributed by atoms with Crippen LogP contribution < -0.4 is 5.32 Å². The molecular formula is C48H51IN2O6S2. The van der Waals surface area contributed by atoms with Gasteiger partial charge in [0.2, 0.25) is 0 Å². The van der Waals surface area contributed by atoms with Crippen molar-refractivity contribution in [2.24, 2.45) is 0 Å². The maximum atomic E-state index is 11.8. The zero-order valence-electron chi connectivity index (χ0n) is 33.1. The van der Waals surface area contributed by atoms with E-state index in [-0.39, 0.29) is 51.9 Å². The second-order valence-electron chi connectivity index (χ2n) is 13.5. The van der Waals surface area contributed by atoms with Gasteiger partial charge in [0.1, 0.15) is 23.4 Å². The normalized spacial score (nSPS) is 15.7. The minimum Gasteiger partial charge on any atom is -0.442 e. The van der Waals surface area contributed by atoms with Gasteiger partial charge in [-0.1, -0.05) is 205 Å². The first-order valence-corrected chi connectivity index (χ1v) is 21.0.